The fourth-order valence-corrected chi connectivity index (χ4v) is 3.43. The highest BCUT2D eigenvalue weighted by Crippen LogP contribution is 2.23. The maximum Gasteiger partial charge on any atom is 0.326 e. The van der Waals surface area contributed by atoms with Crippen molar-refractivity contribution in [1.29, 1.82) is 0 Å². The smallest absolute Gasteiger partial charge is 0.326 e. The zero-order chi connectivity index (χ0) is 20.2. The number of carboxylic acids is 1. The number of nitrogens with zero attached hydrogens (tertiary/aromatic N) is 2. The molecule has 4 aromatic rings. The second-order valence-corrected chi connectivity index (χ2v) is 7.09. The molecule has 0 aliphatic heterocycles. The van der Waals surface area contributed by atoms with Crippen molar-refractivity contribution in [3.8, 4) is 11.7 Å². The predicted molar refractivity (Wildman–Crippen MR) is 104 cm³/mol. The molecule has 0 radical (unpaired) electrons. The molecule has 0 aliphatic carbocycles. The molecule has 148 valence electrons. The van der Waals surface area contributed by atoms with Gasteiger partial charge in [0.05, 0.1) is 12.0 Å². The first-order valence-corrected chi connectivity index (χ1v) is 9.66. The van der Waals surface area contributed by atoms with Gasteiger partial charge in [0, 0.05) is 23.5 Å². The Hall–Kier alpha value is -3.53. The molecule has 29 heavy (non-hydrogen) atoms. The standard InChI is InChI=1S/C19H16N4O5S/c24-16(10-29-19-23-22-17(28-19)15-6-3-7-27-15)21-14(18(25)26)8-11-9-20-13-5-2-1-4-12(11)13/h1-7,9,14,20H,8,10H2,(H,21,24)(H,25,26). The van der Waals surface area contributed by atoms with Crippen molar-refractivity contribution >= 4 is 34.5 Å². The molecular formula is C19H16N4O5S. The van der Waals surface area contributed by atoms with Gasteiger partial charge in [0.1, 0.15) is 6.04 Å². The minimum Gasteiger partial charge on any atom is -0.480 e. The number of hydrogen-bond donors (Lipinski definition) is 3. The summed E-state index contributed by atoms with van der Waals surface area (Å²) >= 11 is 1.02. The van der Waals surface area contributed by atoms with Crippen LogP contribution in [0.25, 0.3) is 22.6 Å². The van der Waals surface area contributed by atoms with E-state index in [1.54, 1.807) is 18.3 Å². The molecule has 1 unspecified atom stereocenters. The summed E-state index contributed by atoms with van der Waals surface area (Å²) < 4.78 is 10.6. The van der Waals surface area contributed by atoms with Crippen LogP contribution in [0.3, 0.4) is 0 Å². The molecule has 3 heterocycles. The van der Waals surface area contributed by atoms with E-state index >= 15 is 0 Å². The Bertz CT molecular complexity index is 1130. The Labute approximate surface area is 168 Å². The number of fused-ring (bicyclic) bond motifs is 1. The molecule has 0 bridgehead atoms. The van der Waals surface area contributed by atoms with Gasteiger partial charge < -0.3 is 24.2 Å². The highest BCUT2D eigenvalue weighted by Gasteiger charge is 2.22. The highest BCUT2D eigenvalue weighted by atomic mass is 32.2. The van der Waals surface area contributed by atoms with Gasteiger partial charge in [-0.3, -0.25) is 4.79 Å². The Kier molecular flexibility index (Phi) is 5.34. The van der Waals surface area contributed by atoms with E-state index in [0.717, 1.165) is 28.2 Å². The summed E-state index contributed by atoms with van der Waals surface area (Å²) in [6.07, 6.45) is 3.41. The van der Waals surface area contributed by atoms with Crippen LogP contribution in [0.2, 0.25) is 0 Å². The summed E-state index contributed by atoms with van der Waals surface area (Å²) in [5.74, 6) is -0.970. The first-order valence-electron chi connectivity index (χ1n) is 8.67. The van der Waals surface area contributed by atoms with Gasteiger partial charge in [-0.05, 0) is 23.8 Å². The number of carbonyl (C=O) groups excluding carboxylic acids is 1. The lowest BCUT2D eigenvalue weighted by Gasteiger charge is -2.13. The third-order valence-electron chi connectivity index (χ3n) is 4.20. The van der Waals surface area contributed by atoms with Gasteiger partial charge in [-0.15, -0.1) is 10.2 Å². The third-order valence-corrected chi connectivity index (χ3v) is 5.02. The summed E-state index contributed by atoms with van der Waals surface area (Å²) in [6.45, 7) is 0. The number of thioether (sulfide) groups is 1. The molecule has 0 saturated heterocycles. The van der Waals surface area contributed by atoms with Crippen LogP contribution < -0.4 is 5.32 Å². The zero-order valence-electron chi connectivity index (χ0n) is 15.0. The Morgan fingerprint density at radius 3 is 2.86 bits per heavy atom. The van der Waals surface area contributed by atoms with E-state index in [0.29, 0.717) is 5.76 Å². The van der Waals surface area contributed by atoms with Crippen LogP contribution in [0.4, 0.5) is 0 Å². The molecule has 3 aromatic heterocycles. The Morgan fingerprint density at radius 1 is 1.21 bits per heavy atom. The molecular weight excluding hydrogens is 396 g/mol. The molecule has 1 atom stereocenters. The van der Waals surface area contributed by atoms with Crippen LogP contribution in [-0.2, 0) is 16.0 Å². The van der Waals surface area contributed by atoms with E-state index in [2.05, 4.69) is 20.5 Å². The van der Waals surface area contributed by atoms with Crippen molar-refractivity contribution in [2.24, 2.45) is 0 Å². The number of aromatic nitrogens is 3. The number of aliphatic carboxylic acids is 1. The van der Waals surface area contributed by atoms with Crippen molar-refractivity contribution in [2.75, 3.05) is 5.75 Å². The molecule has 0 spiro atoms. The van der Waals surface area contributed by atoms with Crippen molar-refractivity contribution < 1.29 is 23.5 Å². The van der Waals surface area contributed by atoms with Gasteiger partial charge in [-0.2, -0.15) is 0 Å². The molecule has 10 heteroatoms. The van der Waals surface area contributed by atoms with E-state index in [4.69, 9.17) is 8.83 Å². The number of carbonyl (C=O) groups is 2. The van der Waals surface area contributed by atoms with Crippen LogP contribution in [-0.4, -0.2) is 44.0 Å². The number of hydrogen-bond acceptors (Lipinski definition) is 7. The molecule has 0 aliphatic rings. The highest BCUT2D eigenvalue weighted by molar-refractivity contribution is 7.99. The molecule has 0 fully saturated rings. The first kappa shape index (κ1) is 18.8. The van der Waals surface area contributed by atoms with Gasteiger partial charge in [0.25, 0.3) is 11.1 Å². The lowest BCUT2D eigenvalue weighted by atomic mass is 10.1. The minimum absolute atomic E-state index is 0.0581. The average Bonchev–Trinajstić information content (AvgIpc) is 3.46. The number of amides is 1. The van der Waals surface area contributed by atoms with E-state index in [-0.39, 0.29) is 23.3 Å². The average molecular weight is 412 g/mol. The quantitative estimate of drug-likeness (QED) is 0.376. The number of nitrogens with one attached hydrogen (secondary N) is 2. The van der Waals surface area contributed by atoms with Crippen LogP contribution >= 0.6 is 11.8 Å². The lowest BCUT2D eigenvalue weighted by molar-refractivity contribution is -0.141. The van der Waals surface area contributed by atoms with Crippen LogP contribution in [0, 0.1) is 0 Å². The SMILES string of the molecule is O=C(CSc1nnc(-c2ccco2)o1)NC(Cc1c[nH]c2ccccc12)C(=O)O. The molecule has 1 aromatic carbocycles. The second-order valence-electron chi connectivity index (χ2n) is 6.16. The predicted octanol–water partition coefficient (Wildman–Crippen LogP) is 2.72. The summed E-state index contributed by atoms with van der Waals surface area (Å²) in [6, 6.07) is 9.91. The van der Waals surface area contributed by atoms with Crippen molar-refractivity contribution in [1.82, 2.24) is 20.5 Å². The van der Waals surface area contributed by atoms with Gasteiger partial charge in [-0.25, -0.2) is 4.79 Å². The number of benzene rings is 1. The fraction of sp³-hybridized carbons (Fsp3) is 0.158. The third kappa shape index (κ3) is 4.32. The van der Waals surface area contributed by atoms with E-state index in [1.807, 2.05) is 24.3 Å². The normalized spacial score (nSPS) is 12.1. The summed E-state index contributed by atoms with van der Waals surface area (Å²) in [5.41, 5.74) is 1.73. The second kappa shape index (κ2) is 8.23. The van der Waals surface area contributed by atoms with Crippen molar-refractivity contribution in [2.45, 2.75) is 17.7 Å². The maximum absolute atomic E-state index is 12.2. The number of H-pyrrole nitrogens is 1. The first-order chi connectivity index (χ1) is 14.1. The number of rotatable bonds is 8. The number of para-hydroxylation sites is 1. The van der Waals surface area contributed by atoms with Crippen molar-refractivity contribution in [3.63, 3.8) is 0 Å². The molecule has 9 nitrogen and oxygen atoms in total. The lowest BCUT2D eigenvalue weighted by Crippen LogP contribution is -2.43. The van der Waals surface area contributed by atoms with Gasteiger partial charge >= 0.3 is 5.97 Å². The topological polar surface area (TPSA) is 134 Å². The summed E-state index contributed by atoms with van der Waals surface area (Å²) in [4.78, 5) is 27.0. The van der Waals surface area contributed by atoms with Gasteiger partial charge in [0.2, 0.25) is 5.91 Å². The summed E-state index contributed by atoms with van der Waals surface area (Å²) in [7, 11) is 0. The molecule has 3 N–H and O–H groups in total. The number of aromatic amines is 1. The largest absolute Gasteiger partial charge is 0.480 e. The van der Waals surface area contributed by atoms with Crippen LogP contribution in [0.1, 0.15) is 5.56 Å². The monoisotopic (exact) mass is 412 g/mol. The van der Waals surface area contributed by atoms with Crippen LogP contribution in [0.5, 0.6) is 0 Å². The minimum atomic E-state index is -1.11. The summed E-state index contributed by atoms with van der Waals surface area (Å²) in [5, 5.41) is 20.8. The van der Waals surface area contributed by atoms with Gasteiger partial charge in [-0.1, -0.05) is 30.0 Å². The number of furan rings is 1. The van der Waals surface area contributed by atoms with E-state index < -0.39 is 17.9 Å². The van der Waals surface area contributed by atoms with Crippen LogP contribution in [0.15, 0.2) is 62.9 Å². The Morgan fingerprint density at radius 2 is 2.07 bits per heavy atom. The number of carboxylic acid groups (broad SMARTS) is 1. The van der Waals surface area contributed by atoms with Crippen molar-refractivity contribution in [3.05, 3.63) is 54.4 Å². The maximum atomic E-state index is 12.2. The molecule has 4 rings (SSSR count). The van der Waals surface area contributed by atoms with Gasteiger partial charge in [0.15, 0.2) is 5.76 Å². The zero-order valence-corrected chi connectivity index (χ0v) is 15.8. The molecule has 0 saturated carbocycles. The van der Waals surface area contributed by atoms with E-state index in [9.17, 15) is 14.7 Å². The van der Waals surface area contributed by atoms with E-state index in [1.165, 1.54) is 6.26 Å². The fourth-order valence-electron chi connectivity index (χ4n) is 2.85. The molecule has 1 amide bonds. The Balaban J connectivity index is 1.36.